The van der Waals surface area contributed by atoms with Gasteiger partial charge in [-0.15, -0.1) is 0 Å². The molecule has 5 nitrogen and oxygen atoms in total. The number of halogens is 1. The van der Waals surface area contributed by atoms with E-state index in [1.165, 1.54) is 12.1 Å². The minimum atomic E-state index is -0.241. The lowest BCUT2D eigenvalue weighted by Gasteiger charge is -2.33. The summed E-state index contributed by atoms with van der Waals surface area (Å²) < 4.78 is 19.1. The molecule has 0 spiro atoms. The molecule has 1 atom stereocenters. The van der Waals surface area contributed by atoms with Crippen molar-refractivity contribution in [2.45, 2.75) is 18.9 Å². The van der Waals surface area contributed by atoms with Gasteiger partial charge in [0.15, 0.2) is 5.17 Å². The van der Waals surface area contributed by atoms with Crippen molar-refractivity contribution in [3.8, 4) is 0 Å². The lowest BCUT2D eigenvalue weighted by atomic mass is 10.1. The van der Waals surface area contributed by atoms with Gasteiger partial charge in [-0.25, -0.2) is 4.39 Å². The number of amides is 1. The van der Waals surface area contributed by atoms with Gasteiger partial charge in [0.05, 0.1) is 25.7 Å². The van der Waals surface area contributed by atoms with Crippen LogP contribution in [-0.2, 0) is 16.0 Å². The smallest absolute Gasteiger partial charge is 0.228 e. The molecule has 1 amide bonds. The fourth-order valence-corrected chi connectivity index (χ4v) is 4.33. The fraction of sp³-hybridized carbons (Fsp3) is 0.444. The maximum atomic E-state index is 13.3. The first-order valence-electron chi connectivity index (χ1n) is 8.50. The van der Waals surface area contributed by atoms with Crippen molar-refractivity contribution in [2.75, 3.05) is 32.8 Å². The number of amidine groups is 1. The van der Waals surface area contributed by atoms with Gasteiger partial charge in [0.2, 0.25) is 5.91 Å². The molecule has 1 saturated heterocycles. The Hall–Kier alpha value is -1.86. The van der Waals surface area contributed by atoms with Crippen molar-refractivity contribution >= 4 is 22.8 Å². The lowest BCUT2D eigenvalue weighted by Crippen LogP contribution is -2.46. The molecule has 0 N–H and O–H groups in total. The van der Waals surface area contributed by atoms with E-state index < -0.39 is 0 Å². The maximum Gasteiger partial charge on any atom is 0.228 e. The molecule has 3 heterocycles. The molecule has 3 aliphatic rings. The first kappa shape index (κ1) is 16.6. The highest BCUT2D eigenvalue weighted by atomic mass is 32.2. The highest BCUT2D eigenvalue weighted by Gasteiger charge is 2.30. The highest BCUT2D eigenvalue weighted by molar-refractivity contribution is 8.16. The Morgan fingerprint density at radius 3 is 3.20 bits per heavy atom. The number of fused-ring (bicyclic) bond motifs is 1. The molecule has 0 aromatic heterocycles. The third-order valence-corrected chi connectivity index (χ3v) is 5.58. The van der Waals surface area contributed by atoms with Gasteiger partial charge in [-0.2, -0.15) is 0 Å². The number of morpholine rings is 1. The van der Waals surface area contributed by atoms with Crippen LogP contribution in [0.3, 0.4) is 0 Å². The quantitative estimate of drug-likeness (QED) is 0.825. The van der Waals surface area contributed by atoms with E-state index in [1.807, 2.05) is 16.4 Å². The molecule has 7 heteroatoms. The third-order valence-electron chi connectivity index (χ3n) is 4.62. The Kier molecular flexibility index (Phi) is 4.76. The van der Waals surface area contributed by atoms with E-state index in [0.717, 1.165) is 29.5 Å². The molecule has 25 heavy (non-hydrogen) atoms. The van der Waals surface area contributed by atoms with Crippen LogP contribution in [0.4, 0.5) is 4.39 Å². The lowest BCUT2D eigenvalue weighted by molar-refractivity contribution is -0.138. The van der Waals surface area contributed by atoms with Gasteiger partial charge in [-0.05, 0) is 23.1 Å². The summed E-state index contributed by atoms with van der Waals surface area (Å²) in [5.74, 6) is -0.123. The molecule has 0 unspecified atom stereocenters. The molecule has 0 saturated carbocycles. The van der Waals surface area contributed by atoms with Gasteiger partial charge in [-0.3, -0.25) is 9.79 Å². The molecule has 1 fully saturated rings. The van der Waals surface area contributed by atoms with E-state index in [2.05, 4.69) is 9.89 Å². The van der Waals surface area contributed by atoms with Crippen LogP contribution in [-0.4, -0.2) is 59.8 Å². The second kappa shape index (κ2) is 7.17. The van der Waals surface area contributed by atoms with E-state index >= 15 is 0 Å². The number of nitrogens with zero attached hydrogens (tertiary/aromatic N) is 3. The summed E-state index contributed by atoms with van der Waals surface area (Å²) in [4.78, 5) is 21.1. The zero-order valence-electron chi connectivity index (χ0n) is 13.9. The Labute approximate surface area is 150 Å². The van der Waals surface area contributed by atoms with Gasteiger partial charge in [-0.1, -0.05) is 23.9 Å². The third kappa shape index (κ3) is 3.72. The average molecular weight is 361 g/mol. The molecule has 132 valence electrons. The van der Waals surface area contributed by atoms with Crippen molar-refractivity contribution in [1.29, 1.82) is 0 Å². The number of carbonyl (C=O) groups excluding carboxylic acids is 1. The Morgan fingerprint density at radius 1 is 1.40 bits per heavy atom. The normalized spacial score (nSPS) is 22.7. The van der Waals surface area contributed by atoms with Crippen LogP contribution in [0.15, 0.2) is 40.4 Å². The van der Waals surface area contributed by atoms with E-state index in [0.29, 0.717) is 32.5 Å². The van der Waals surface area contributed by atoms with Crippen LogP contribution < -0.4 is 0 Å². The molecule has 0 radical (unpaired) electrons. The number of hydrogen-bond acceptors (Lipinski definition) is 5. The standard InChI is InChI=1S/C18H20FN3O2S/c19-14-3-1-2-13(8-14)9-16-11-21(6-7-24-16)17(23)10-15-12-25-18-20-4-5-22(15)18/h1-3,8,12,16H,4-7,9-11H2/t16-/m1/s1. The van der Waals surface area contributed by atoms with E-state index in [4.69, 9.17) is 4.74 Å². The number of aliphatic imine (C=N–C) groups is 1. The van der Waals surface area contributed by atoms with Gasteiger partial charge in [0.1, 0.15) is 5.82 Å². The zero-order chi connectivity index (χ0) is 17.2. The second-order valence-corrected chi connectivity index (χ2v) is 7.22. The number of benzene rings is 1. The number of carbonyl (C=O) groups is 1. The fourth-order valence-electron chi connectivity index (χ4n) is 3.38. The zero-order valence-corrected chi connectivity index (χ0v) is 14.7. The Morgan fingerprint density at radius 2 is 2.32 bits per heavy atom. The predicted octanol–water partition coefficient (Wildman–Crippen LogP) is 2.25. The topological polar surface area (TPSA) is 45.1 Å². The number of ether oxygens (including phenoxy) is 1. The van der Waals surface area contributed by atoms with Crippen LogP contribution >= 0.6 is 11.8 Å². The molecular formula is C18H20FN3O2S. The number of rotatable bonds is 4. The monoisotopic (exact) mass is 361 g/mol. The van der Waals surface area contributed by atoms with Gasteiger partial charge < -0.3 is 14.5 Å². The molecule has 3 aliphatic heterocycles. The number of hydrogen-bond donors (Lipinski definition) is 0. The SMILES string of the molecule is O=C(CC1=CSC2=NCCN12)N1CCO[C@H](Cc2cccc(F)c2)C1. The first-order chi connectivity index (χ1) is 12.2. The van der Waals surface area contributed by atoms with Crippen LogP contribution in [0.5, 0.6) is 0 Å². The summed E-state index contributed by atoms with van der Waals surface area (Å²) in [7, 11) is 0. The summed E-state index contributed by atoms with van der Waals surface area (Å²) in [6, 6.07) is 6.56. The second-order valence-electron chi connectivity index (χ2n) is 6.39. The van der Waals surface area contributed by atoms with E-state index in [1.54, 1.807) is 17.8 Å². The highest BCUT2D eigenvalue weighted by Crippen LogP contribution is 2.31. The van der Waals surface area contributed by atoms with Crippen molar-refractivity contribution in [1.82, 2.24) is 9.80 Å². The Bertz CT molecular complexity index is 737. The largest absolute Gasteiger partial charge is 0.374 e. The first-order valence-corrected chi connectivity index (χ1v) is 9.38. The number of thioether (sulfide) groups is 1. The minimum Gasteiger partial charge on any atom is -0.374 e. The van der Waals surface area contributed by atoms with Crippen molar-refractivity contribution in [3.63, 3.8) is 0 Å². The predicted molar refractivity (Wildman–Crippen MR) is 95.7 cm³/mol. The van der Waals surface area contributed by atoms with Gasteiger partial charge >= 0.3 is 0 Å². The van der Waals surface area contributed by atoms with Crippen LogP contribution in [0.2, 0.25) is 0 Å². The van der Waals surface area contributed by atoms with E-state index in [9.17, 15) is 9.18 Å². The molecular weight excluding hydrogens is 341 g/mol. The van der Waals surface area contributed by atoms with Crippen LogP contribution in [0.1, 0.15) is 12.0 Å². The molecule has 0 aliphatic carbocycles. The molecule has 4 rings (SSSR count). The summed E-state index contributed by atoms with van der Waals surface area (Å²) in [6.07, 6.45) is 0.928. The van der Waals surface area contributed by atoms with Crippen LogP contribution in [0, 0.1) is 5.82 Å². The Balaban J connectivity index is 1.34. The molecule has 0 bridgehead atoms. The molecule has 1 aromatic rings. The summed E-state index contributed by atoms with van der Waals surface area (Å²) in [6.45, 7) is 3.36. The minimum absolute atomic E-state index is 0.0876. The van der Waals surface area contributed by atoms with E-state index in [-0.39, 0.29) is 17.8 Å². The average Bonchev–Trinajstić information content (AvgIpc) is 3.20. The summed E-state index contributed by atoms with van der Waals surface area (Å²) >= 11 is 1.60. The van der Waals surface area contributed by atoms with Crippen molar-refractivity contribution in [3.05, 3.63) is 46.8 Å². The van der Waals surface area contributed by atoms with Crippen LogP contribution in [0.25, 0.3) is 0 Å². The maximum absolute atomic E-state index is 13.3. The van der Waals surface area contributed by atoms with Gasteiger partial charge in [0, 0.05) is 31.8 Å². The molecule has 1 aromatic carbocycles. The van der Waals surface area contributed by atoms with Crippen molar-refractivity contribution in [2.24, 2.45) is 4.99 Å². The van der Waals surface area contributed by atoms with Crippen molar-refractivity contribution < 1.29 is 13.9 Å². The van der Waals surface area contributed by atoms with Gasteiger partial charge in [0.25, 0.3) is 0 Å². The summed E-state index contributed by atoms with van der Waals surface area (Å²) in [5, 5.41) is 3.04. The summed E-state index contributed by atoms with van der Waals surface area (Å²) in [5.41, 5.74) is 1.94.